The van der Waals surface area contributed by atoms with E-state index < -0.39 is 79.5 Å². The van der Waals surface area contributed by atoms with Gasteiger partial charge in [0, 0.05) is 0 Å². The van der Waals surface area contributed by atoms with E-state index >= 15 is 0 Å². The van der Waals surface area contributed by atoms with E-state index in [1.165, 1.54) is 21.8 Å². The van der Waals surface area contributed by atoms with Crippen LogP contribution in [0.5, 0.6) is 0 Å². The molecule has 6 heterocycles. The first kappa shape index (κ1) is 28.9. The fourth-order valence-corrected chi connectivity index (χ4v) is 7.28. The third-order valence-electron chi connectivity index (χ3n) is 6.85. The summed E-state index contributed by atoms with van der Waals surface area (Å²) < 4.78 is 31.6. The number of phosphoric acid groups is 1. The third-order valence-corrected chi connectivity index (χ3v) is 9.39. The van der Waals surface area contributed by atoms with Crippen LogP contribution in [0.15, 0.2) is 28.6 Å². The average molecular weight is 630 g/mol. The van der Waals surface area contributed by atoms with Crippen molar-refractivity contribution in [2.24, 2.45) is 0 Å². The monoisotopic (exact) mass is 629 g/mol. The van der Waals surface area contributed by atoms with Gasteiger partial charge in [-0.2, -0.15) is 4.98 Å². The fraction of sp³-hybridized carbons (Fsp3) is 0.500. The Morgan fingerprint density at radius 2 is 1.76 bits per heavy atom. The summed E-state index contributed by atoms with van der Waals surface area (Å²) in [5.41, 5.74) is 4.44. The van der Waals surface area contributed by atoms with Gasteiger partial charge in [-0.15, -0.1) is 11.8 Å². The summed E-state index contributed by atoms with van der Waals surface area (Å²) in [7, 11) is -5.01. The molecule has 4 aromatic rings. The average Bonchev–Trinajstić information content (AvgIpc) is 3.69. The van der Waals surface area contributed by atoms with Crippen LogP contribution in [-0.2, 0) is 18.3 Å². The molecule has 9 atom stereocenters. The number of thioether (sulfide) groups is 1. The number of rotatable bonds is 8. The van der Waals surface area contributed by atoms with E-state index in [0.717, 1.165) is 18.1 Å². The summed E-state index contributed by atoms with van der Waals surface area (Å²) in [5, 5.41) is 39.8. The van der Waals surface area contributed by atoms with Crippen LogP contribution in [0.1, 0.15) is 11.6 Å². The molecule has 6 rings (SSSR count). The van der Waals surface area contributed by atoms with Crippen molar-refractivity contribution >= 4 is 47.9 Å². The first-order valence-corrected chi connectivity index (χ1v) is 14.7. The fourth-order valence-electron chi connectivity index (χ4n) is 4.83. The first-order chi connectivity index (χ1) is 20.0. The number of aromatic nitrogens is 8. The largest absolute Gasteiger partial charge is 0.472 e. The Morgan fingerprint density at radius 3 is 2.50 bits per heavy atom. The van der Waals surface area contributed by atoms with Crippen LogP contribution in [0.4, 0.5) is 5.95 Å². The summed E-state index contributed by atoms with van der Waals surface area (Å²) in [5.74, 6) is -0.216. The number of nitrogens with two attached hydrogens (primary N) is 1. The highest BCUT2D eigenvalue weighted by atomic mass is 32.2. The highest BCUT2D eigenvalue weighted by Gasteiger charge is 2.50. The molecule has 0 aliphatic carbocycles. The maximum absolute atomic E-state index is 13.0. The number of phosphoric ester groups is 1. The molecule has 2 aliphatic rings. The third kappa shape index (κ3) is 4.92. The Kier molecular flexibility index (Phi) is 7.42. The highest BCUT2D eigenvalue weighted by Crippen LogP contribution is 2.53. The minimum atomic E-state index is -5.01. The van der Waals surface area contributed by atoms with E-state index in [1.54, 1.807) is 0 Å². The molecule has 1 unspecified atom stereocenters. The molecule has 0 radical (unpaired) electrons. The van der Waals surface area contributed by atoms with Gasteiger partial charge < -0.3 is 40.8 Å². The summed E-state index contributed by atoms with van der Waals surface area (Å²) in [6.07, 6.45) is -5.20. The van der Waals surface area contributed by atoms with Crippen LogP contribution in [0.3, 0.4) is 0 Å². The number of aromatic amines is 2. The number of hydrogen-bond donors (Lipinski definition) is 8. The number of anilines is 1. The van der Waals surface area contributed by atoms with Crippen LogP contribution in [0.2, 0.25) is 0 Å². The predicted molar refractivity (Wildman–Crippen MR) is 141 cm³/mol. The van der Waals surface area contributed by atoms with Crippen molar-refractivity contribution < 1.29 is 43.7 Å². The maximum atomic E-state index is 13.0. The van der Waals surface area contributed by atoms with Crippen LogP contribution >= 0.6 is 19.6 Å². The zero-order valence-electron chi connectivity index (χ0n) is 21.1. The molecular weight excluding hydrogens is 605 g/mol. The molecule has 0 saturated carbocycles. The van der Waals surface area contributed by atoms with Gasteiger partial charge in [-0.1, -0.05) is 0 Å². The molecule has 0 bridgehead atoms. The van der Waals surface area contributed by atoms with Gasteiger partial charge in [0.05, 0.1) is 43.5 Å². The molecule has 0 amide bonds. The molecule has 2 saturated heterocycles. The van der Waals surface area contributed by atoms with Crippen molar-refractivity contribution in [1.82, 2.24) is 39.0 Å². The van der Waals surface area contributed by atoms with Gasteiger partial charge in [-0.05, 0) is 0 Å². The summed E-state index contributed by atoms with van der Waals surface area (Å²) in [6, 6.07) is 0. The Bertz CT molecular complexity index is 1790. The zero-order valence-corrected chi connectivity index (χ0v) is 22.8. The minimum absolute atomic E-state index is 0.00726. The number of nitrogens with zero attached hydrogens (tertiary/aromatic N) is 6. The van der Waals surface area contributed by atoms with Crippen molar-refractivity contribution in [3.05, 3.63) is 39.7 Å². The minimum Gasteiger partial charge on any atom is -0.395 e. The summed E-state index contributed by atoms with van der Waals surface area (Å²) >= 11 is 0.977. The first-order valence-electron chi connectivity index (χ1n) is 12.2. The number of H-pyrrole nitrogens is 2. The number of fused-ring (bicyclic) bond motifs is 2. The lowest BCUT2D eigenvalue weighted by atomic mass is 10.1. The van der Waals surface area contributed by atoms with E-state index in [1.807, 2.05) is 0 Å². The van der Waals surface area contributed by atoms with E-state index in [-0.39, 0.29) is 28.3 Å². The molecule has 226 valence electrons. The second-order valence-electron chi connectivity index (χ2n) is 9.45. The van der Waals surface area contributed by atoms with Crippen molar-refractivity contribution in [2.75, 3.05) is 18.9 Å². The standard InChI is InChI=1S/C20H24N9O11PS/c21-20-26-15-9(17(35)27-20)25-5-29(15)19-13(11(32)7(1-30)42-19)40-41(36,37)38-2-6-10(31)12(33)18(39-6)28-4-24-8-14(28)22-3-23-16(8)34/h3-7,10-13,18-19,30-33H,1-2H2,(H,36,37)(H,22,23,34)(H3,21,26,27,35)/t6-,7-,10-,11-,12-,13-,18-,19-/m1/s1. The summed E-state index contributed by atoms with van der Waals surface area (Å²) in [4.78, 5) is 55.3. The number of aliphatic hydroxyl groups excluding tert-OH is 4. The molecule has 2 aliphatic heterocycles. The lowest BCUT2D eigenvalue weighted by Gasteiger charge is -2.25. The van der Waals surface area contributed by atoms with Gasteiger partial charge in [0.1, 0.15) is 29.8 Å². The topological polar surface area (TPSA) is 299 Å². The molecule has 0 spiro atoms. The maximum Gasteiger partial charge on any atom is 0.472 e. The van der Waals surface area contributed by atoms with E-state index in [2.05, 4.69) is 29.9 Å². The van der Waals surface area contributed by atoms with Crippen molar-refractivity contribution in [3.8, 4) is 0 Å². The second kappa shape index (κ2) is 10.8. The molecular formula is C20H24N9O11PS. The lowest BCUT2D eigenvalue weighted by Crippen LogP contribution is -2.36. The van der Waals surface area contributed by atoms with Gasteiger partial charge in [0.2, 0.25) is 5.95 Å². The number of nitrogens with one attached hydrogen (secondary N) is 2. The van der Waals surface area contributed by atoms with Gasteiger partial charge in [-0.25, -0.2) is 19.5 Å². The zero-order chi connectivity index (χ0) is 29.9. The lowest BCUT2D eigenvalue weighted by molar-refractivity contribution is -0.0559. The number of hydrogen-bond acceptors (Lipinski definition) is 16. The molecule has 2 fully saturated rings. The van der Waals surface area contributed by atoms with E-state index in [4.69, 9.17) is 19.5 Å². The quantitative estimate of drug-likeness (QED) is 0.0896. The van der Waals surface area contributed by atoms with Crippen molar-refractivity contribution in [2.45, 2.75) is 47.4 Å². The van der Waals surface area contributed by atoms with Crippen LogP contribution in [0, 0.1) is 0 Å². The Morgan fingerprint density at radius 1 is 1.05 bits per heavy atom. The normalized spacial score (nSPS) is 31.3. The number of imidazole rings is 2. The summed E-state index contributed by atoms with van der Waals surface area (Å²) in [6.45, 7) is -1.26. The molecule has 4 aromatic heterocycles. The SMILES string of the molecule is Nc1nc2c(ncn2[C@@H]2S[C@H](CO)[C@@H](O)[C@H]2OP(=O)(O)OC[C@H]2O[C@@H](n3cnc4c(=O)[nH]cnc43)[C@H](O)[C@@H]2O)c(=O)[nH]1. The van der Waals surface area contributed by atoms with Gasteiger partial charge in [0.15, 0.2) is 28.6 Å². The molecule has 20 nitrogen and oxygen atoms in total. The highest BCUT2D eigenvalue weighted by molar-refractivity contribution is 8.00. The Labute approximate surface area is 236 Å². The van der Waals surface area contributed by atoms with Gasteiger partial charge in [-0.3, -0.25) is 32.8 Å². The predicted octanol–water partition coefficient (Wildman–Crippen LogP) is -3.08. The van der Waals surface area contributed by atoms with Crippen molar-refractivity contribution in [1.29, 1.82) is 0 Å². The van der Waals surface area contributed by atoms with Crippen LogP contribution in [0.25, 0.3) is 22.3 Å². The Hall–Kier alpha value is -3.24. The smallest absolute Gasteiger partial charge is 0.395 e. The van der Waals surface area contributed by atoms with Gasteiger partial charge >= 0.3 is 7.82 Å². The number of ether oxygens (including phenoxy) is 1. The van der Waals surface area contributed by atoms with Crippen LogP contribution < -0.4 is 16.9 Å². The van der Waals surface area contributed by atoms with E-state index in [9.17, 15) is 39.5 Å². The Balaban J connectivity index is 1.19. The van der Waals surface area contributed by atoms with Crippen LogP contribution in [-0.4, -0.2) is 113 Å². The second-order valence-corrected chi connectivity index (χ2v) is 12.2. The number of nitrogen functional groups attached to an aromatic ring is 1. The van der Waals surface area contributed by atoms with Gasteiger partial charge in [0.25, 0.3) is 11.1 Å². The molecule has 22 heteroatoms. The van der Waals surface area contributed by atoms with Crippen molar-refractivity contribution in [3.63, 3.8) is 0 Å². The number of aliphatic hydroxyl groups is 4. The molecule has 42 heavy (non-hydrogen) atoms. The van der Waals surface area contributed by atoms with E-state index in [0.29, 0.717) is 0 Å². The molecule has 0 aromatic carbocycles. The molecule has 9 N–H and O–H groups in total.